The molecule has 18 heavy (non-hydrogen) atoms. The number of aliphatic hydroxyl groups is 1. The SMILES string of the molecule is CC(C)CN(CC(N)=O)c1ccc(C(C)O)cc1. The molecule has 0 aliphatic rings. The summed E-state index contributed by atoms with van der Waals surface area (Å²) in [6.45, 7) is 6.91. The van der Waals surface area contributed by atoms with Gasteiger partial charge in [0, 0.05) is 12.2 Å². The number of hydrogen-bond acceptors (Lipinski definition) is 3. The number of carbonyl (C=O) groups excluding carboxylic acids is 1. The summed E-state index contributed by atoms with van der Waals surface area (Å²) in [5.74, 6) is 0.107. The van der Waals surface area contributed by atoms with Crippen molar-refractivity contribution in [1.29, 1.82) is 0 Å². The van der Waals surface area contributed by atoms with Crippen LogP contribution < -0.4 is 10.6 Å². The molecule has 1 rings (SSSR count). The number of benzene rings is 1. The minimum absolute atomic E-state index is 0.214. The summed E-state index contributed by atoms with van der Waals surface area (Å²) in [5.41, 5.74) is 7.08. The third-order valence-electron chi connectivity index (χ3n) is 2.67. The van der Waals surface area contributed by atoms with Crippen LogP contribution in [0.25, 0.3) is 0 Å². The van der Waals surface area contributed by atoms with E-state index in [1.165, 1.54) is 0 Å². The van der Waals surface area contributed by atoms with Gasteiger partial charge in [0.15, 0.2) is 0 Å². The van der Waals surface area contributed by atoms with E-state index < -0.39 is 6.10 Å². The molecule has 1 aromatic carbocycles. The van der Waals surface area contributed by atoms with Crippen LogP contribution in [-0.4, -0.2) is 24.1 Å². The number of anilines is 1. The van der Waals surface area contributed by atoms with E-state index in [1.54, 1.807) is 6.92 Å². The highest BCUT2D eigenvalue weighted by Crippen LogP contribution is 2.19. The van der Waals surface area contributed by atoms with Crippen molar-refractivity contribution in [2.75, 3.05) is 18.0 Å². The molecule has 0 saturated carbocycles. The van der Waals surface area contributed by atoms with Crippen LogP contribution >= 0.6 is 0 Å². The number of nitrogens with zero attached hydrogens (tertiary/aromatic N) is 1. The minimum Gasteiger partial charge on any atom is -0.389 e. The zero-order chi connectivity index (χ0) is 13.7. The molecule has 4 nitrogen and oxygen atoms in total. The van der Waals surface area contributed by atoms with Crippen molar-refractivity contribution in [2.24, 2.45) is 11.7 Å². The smallest absolute Gasteiger partial charge is 0.236 e. The van der Waals surface area contributed by atoms with Gasteiger partial charge in [0.05, 0.1) is 12.6 Å². The number of nitrogens with two attached hydrogens (primary N) is 1. The molecular formula is C14H22N2O2. The second kappa shape index (κ2) is 6.40. The second-order valence-electron chi connectivity index (χ2n) is 5.01. The predicted octanol–water partition coefficient (Wildman–Crippen LogP) is 1.69. The summed E-state index contributed by atoms with van der Waals surface area (Å²) in [7, 11) is 0. The third-order valence-corrected chi connectivity index (χ3v) is 2.67. The van der Waals surface area contributed by atoms with Gasteiger partial charge in [0.2, 0.25) is 5.91 Å². The van der Waals surface area contributed by atoms with Gasteiger partial charge in [-0.05, 0) is 30.5 Å². The lowest BCUT2D eigenvalue weighted by Gasteiger charge is -2.25. The average molecular weight is 250 g/mol. The molecule has 4 heteroatoms. The van der Waals surface area contributed by atoms with E-state index in [0.29, 0.717) is 5.92 Å². The number of carbonyl (C=O) groups is 1. The molecule has 1 unspecified atom stereocenters. The summed E-state index contributed by atoms with van der Waals surface area (Å²) < 4.78 is 0. The van der Waals surface area contributed by atoms with Gasteiger partial charge < -0.3 is 15.7 Å². The van der Waals surface area contributed by atoms with Gasteiger partial charge in [-0.2, -0.15) is 0 Å². The zero-order valence-electron chi connectivity index (χ0n) is 11.3. The number of amides is 1. The summed E-state index contributed by atoms with van der Waals surface area (Å²) in [6, 6.07) is 7.56. The van der Waals surface area contributed by atoms with Crippen LogP contribution in [0.5, 0.6) is 0 Å². The maximum absolute atomic E-state index is 11.1. The van der Waals surface area contributed by atoms with E-state index in [1.807, 2.05) is 29.2 Å². The van der Waals surface area contributed by atoms with Gasteiger partial charge in [-0.15, -0.1) is 0 Å². The fourth-order valence-electron chi connectivity index (χ4n) is 1.85. The van der Waals surface area contributed by atoms with E-state index in [-0.39, 0.29) is 12.5 Å². The van der Waals surface area contributed by atoms with Crippen molar-refractivity contribution in [3.63, 3.8) is 0 Å². The molecule has 1 aromatic rings. The Morgan fingerprint density at radius 3 is 2.22 bits per heavy atom. The van der Waals surface area contributed by atoms with Crippen LogP contribution in [-0.2, 0) is 4.79 Å². The van der Waals surface area contributed by atoms with Crippen molar-refractivity contribution in [1.82, 2.24) is 0 Å². The third kappa shape index (κ3) is 4.37. The average Bonchev–Trinajstić information content (AvgIpc) is 2.27. The molecule has 0 radical (unpaired) electrons. The van der Waals surface area contributed by atoms with E-state index in [4.69, 9.17) is 5.73 Å². The minimum atomic E-state index is -0.478. The Kier molecular flexibility index (Phi) is 5.16. The summed E-state index contributed by atoms with van der Waals surface area (Å²) in [5, 5.41) is 9.46. The topological polar surface area (TPSA) is 66.6 Å². The van der Waals surface area contributed by atoms with Crippen LogP contribution in [0, 0.1) is 5.92 Å². The molecule has 1 atom stereocenters. The first-order valence-electron chi connectivity index (χ1n) is 6.21. The monoisotopic (exact) mass is 250 g/mol. The Hall–Kier alpha value is -1.55. The maximum Gasteiger partial charge on any atom is 0.236 e. The van der Waals surface area contributed by atoms with Crippen LogP contribution in [0.1, 0.15) is 32.4 Å². The van der Waals surface area contributed by atoms with Crippen LogP contribution in [0.4, 0.5) is 5.69 Å². The molecule has 0 aliphatic heterocycles. The Morgan fingerprint density at radius 1 is 1.28 bits per heavy atom. The first-order valence-corrected chi connectivity index (χ1v) is 6.21. The molecule has 0 aromatic heterocycles. The summed E-state index contributed by atoms with van der Waals surface area (Å²) in [4.78, 5) is 13.0. The van der Waals surface area contributed by atoms with E-state index in [0.717, 1.165) is 17.8 Å². The molecule has 0 spiro atoms. The molecule has 0 aliphatic carbocycles. The highest BCUT2D eigenvalue weighted by atomic mass is 16.3. The predicted molar refractivity (Wildman–Crippen MR) is 73.3 cm³/mol. The van der Waals surface area contributed by atoms with Gasteiger partial charge in [-0.1, -0.05) is 26.0 Å². The summed E-state index contributed by atoms with van der Waals surface area (Å²) in [6.07, 6.45) is -0.478. The van der Waals surface area contributed by atoms with Gasteiger partial charge in [0.25, 0.3) is 0 Å². The first-order chi connectivity index (χ1) is 8.40. The zero-order valence-corrected chi connectivity index (χ0v) is 11.3. The van der Waals surface area contributed by atoms with Gasteiger partial charge in [0.1, 0.15) is 0 Å². The molecule has 0 fully saturated rings. The second-order valence-corrected chi connectivity index (χ2v) is 5.01. The van der Waals surface area contributed by atoms with Crippen LogP contribution in [0.3, 0.4) is 0 Å². The molecule has 0 heterocycles. The van der Waals surface area contributed by atoms with Crippen LogP contribution in [0.15, 0.2) is 24.3 Å². The Bertz CT molecular complexity index is 385. The lowest BCUT2D eigenvalue weighted by Crippen LogP contribution is -2.36. The van der Waals surface area contributed by atoms with Gasteiger partial charge in [-0.25, -0.2) is 0 Å². The van der Waals surface area contributed by atoms with Gasteiger partial charge >= 0.3 is 0 Å². The normalized spacial score (nSPS) is 12.5. The molecule has 0 bridgehead atoms. The maximum atomic E-state index is 11.1. The summed E-state index contributed by atoms with van der Waals surface area (Å²) >= 11 is 0. The standard InChI is InChI=1S/C14H22N2O2/c1-10(2)8-16(9-14(15)18)13-6-4-12(5-7-13)11(3)17/h4-7,10-11,17H,8-9H2,1-3H3,(H2,15,18). The molecule has 0 saturated heterocycles. The van der Waals surface area contributed by atoms with E-state index in [9.17, 15) is 9.90 Å². The Balaban J connectivity index is 2.87. The van der Waals surface area contributed by atoms with Crippen LogP contribution in [0.2, 0.25) is 0 Å². The molecule has 100 valence electrons. The van der Waals surface area contributed by atoms with Crippen molar-refractivity contribution in [3.8, 4) is 0 Å². The van der Waals surface area contributed by atoms with E-state index in [2.05, 4.69) is 13.8 Å². The van der Waals surface area contributed by atoms with E-state index >= 15 is 0 Å². The lowest BCUT2D eigenvalue weighted by molar-refractivity contribution is -0.116. The largest absolute Gasteiger partial charge is 0.389 e. The fraction of sp³-hybridized carbons (Fsp3) is 0.500. The molecule has 1 amide bonds. The lowest BCUT2D eigenvalue weighted by atomic mass is 10.1. The highest BCUT2D eigenvalue weighted by molar-refractivity contribution is 5.79. The quantitative estimate of drug-likeness (QED) is 0.807. The highest BCUT2D eigenvalue weighted by Gasteiger charge is 2.11. The number of aliphatic hydroxyl groups excluding tert-OH is 1. The number of primary amides is 1. The van der Waals surface area contributed by atoms with Gasteiger partial charge in [-0.3, -0.25) is 4.79 Å². The van der Waals surface area contributed by atoms with Crippen molar-refractivity contribution in [2.45, 2.75) is 26.9 Å². The Labute approximate surface area is 108 Å². The Morgan fingerprint density at radius 2 is 1.83 bits per heavy atom. The first kappa shape index (κ1) is 14.5. The number of rotatable bonds is 6. The molecule has 3 N–H and O–H groups in total. The molecular weight excluding hydrogens is 228 g/mol. The van der Waals surface area contributed by atoms with Crippen molar-refractivity contribution in [3.05, 3.63) is 29.8 Å². The van der Waals surface area contributed by atoms with Crippen molar-refractivity contribution < 1.29 is 9.90 Å². The fourth-order valence-corrected chi connectivity index (χ4v) is 1.85. The van der Waals surface area contributed by atoms with Crippen molar-refractivity contribution >= 4 is 11.6 Å². The number of hydrogen-bond donors (Lipinski definition) is 2.